The van der Waals surface area contributed by atoms with E-state index in [-0.39, 0.29) is 0 Å². The molecule has 0 aliphatic rings. The molecule has 0 aliphatic carbocycles. The van der Waals surface area contributed by atoms with E-state index in [1.54, 1.807) is 6.20 Å². The van der Waals surface area contributed by atoms with Crippen LogP contribution in [0.3, 0.4) is 0 Å². The molecule has 0 aromatic carbocycles. The molecule has 1 N–H and O–H groups in total. The summed E-state index contributed by atoms with van der Waals surface area (Å²) in [5, 5.41) is 0. The Hall–Kier alpha value is -0.310. The first-order valence-corrected chi connectivity index (χ1v) is 4.74. The molecular weight excluding hydrogens is 204 g/mol. The van der Waals surface area contributed by atoms with E-state index in [9.17, 15) is 0 Å². The number of nitrogens with one attached hydrogen (secondary N) is 1. The summed E-state index contributed by atoms with van der Waals surface area (Å²) in [6, 6.07) is 0. The molecule has 2 nitrogen and oxygen atoms in total. The first kappa shape index (κ1) is 8.78. The highest BCUT2D eigenvalue weighted by Gasteiger charge is 2.10. The Balaban J connectivity index is 2.43. The summed E-state index contributed by atoms with van der Waals surface area (Å²) in [5.41, 5.74) is 0. The zero-order valence-electron chi connectivity index (χ0n) is 6.84. The topological polar surface area (TPSA) is 28.7 Å². The lowest BCUT2D eigenvalue weighted by molar-refractivity contribution is 0.603. The van der Waals surface area contributed by atoms with Crippen LogP contribution in [-0.4, -0.2) is 14.8 Å². The van der Waals surface area contributed by atoms with E-state index in [1.165, 1.54) is 0 Å². The maximum Gasteiger partial charge on any atom is 0.107 e. The maximum atomic E-state index is 4.15. The van der Waals surface area contributed by atoms with Gasteiger partial charge in [-0.2, -0.15) is 0 Å². The second-order valence-electron chi connectivity index (χ2n) is 3.00. The number of imidazole rings is 1. The molecule has 0 bridgehead atoms. The Labute approximate surface area is 75.6 Å². The molecule has 1 atom stereocenters. The van der Waals surface area contributed by atoms with Crippen LogP contribution in [-0.2, 0) is 6.42 Å². The van der Waals surface area contributed by atoms with Gasteiger partial charge in [-0.3, -0.25) is 0 Å². The van der Waals surface area contributed by atoms with Gasteiger partial charge in [0.2, 0.25) is 0 Å². The van der Waals surface area contributed by atoms with Gasteiger partial charge in [-0.25, -0.2) is 4.98 Å². The van der Waals surface area contributed by atoms with Crippen molar-refractivity contribution in [3.05, 3.63) is 18.2 Å². The van der Waals surface area contributed by atoms with Crippen molar-refractivity contribution < 1.29 is 0 Å². The predicted molar refractivity (Wildman–Crippen MR) is 49.8 cm³/mol. The second-order valence-corrected chi connectivity index (χ2v) is 4.18. The van der Waals surface area contributed by atoms with Gasteiger partial charge in [0.05, 0.1) is 0 Å². The Bertz CT molecular complexity index is 194. The Morgan fingerprint density at radius 1 is 1.64 bits per heavy atom. The van der Waals surface area contributed by atoms with Gasteiger partial charge in [0.15, 0.2) is 0 Å². The number of H-pyrrole nitrogens is 1. The fraction of sp³-hybridized carbons (Fsp3) is 0.625. The van der Waals surface area contributed by atoms with E-state index in [0.29, 0.717) is 10.7 Å². The number of halogens is 1. The number of aromatic amines is 1. The third-order valence-corrected chi connectivity index (χ3v) is 3.05. The van der Waals surface area contributed by atoms with E-state index in [4.69, 9.17) is 0 Å². The van der Waals surface area contributed by atoms with Gasteiger partial charge >= 0.3 is 0 Å². The van der Waals surface area contributed by atoms with Gasteiger partial charge < -0.3 is 4.98 Å². The molecule has 0 aliphatic heterocycles. The van der Waals surface area contributed by atoms with Crippen molar-refractivity contribution in [2.24, 2.45) is 5.92 Å². The second kappa shape index (κ2) is 3.90. The van der Waals surface area contributed by atoms with Gasteiger partial charge in [0.25, 0.3) is 0 Å². The van der Waals surface area contributed by atoms with Crippen molar-refractivity contribution in [3.63, 3.8) is 0 Å². The summed E-state index contributed by atoms with van der Waals surface area (Å²) in [6.07, 6.45) is 4.62. The Kier molecular flexibility index (Phi) is 3.12. The summed E-state index contributed by atoms with van der Waals surface area (Å²) in [6.45, 7) is 4.39. The average molecular weight is 217 g/mol. The van der Waals surface area contributed by atoms with Crippen LogP contribution in [0.2, 0.25) is 0 Å². The van der Waals surface area contributed by atoms with Crippen molar-refractivity contribution in [3.8, 4) is 0 Å². The molecule has 62 valence electrons. The molecule has 0 radical (unpaired) electrons. The first-order chi connectivity index (χ1) is 5.20. The van der Waals surface area contributed by atoms with E-state index >= 15 is 0 Å². The Morgan fingerprint density at radius 3 is 2.82 bits per heavy atom. The molecule has 3 heteroatoms. The van der Waals surface area contributed by atoms with Gasteiger partial charge in [-0.15, -0.1) is 0 Å². The van der Waals surface area contributed by atoms with E-state index < -0.39 is 0 Å². The summed E-state index contributed by atoms with van der Waals surface area (Å²) < 4.78 is 0. The molecule has 1 unspecified atom stereocenters. The van der Waals surface area contributed by atoms with Gasteiger partial charge in [-0.1, -0.05) is 29.8 Å². The Morgan fingerprint density at radius 2 is 2.36 bits per heavy atom. The number of rotatable bonds is 3. The minimum atomic E-state index is 0.522. The summed E-state index contributed by atoms with van der Waals surface area (Å²) in [5.74, 6) is 1.71. The molecular formula is C8H13BrN2. The van der Waals surface area contributed by atoms with Gasteiger partial charge in [-0.05, 0) is 5.92 Å². The van der Waals surface area contributed by atoms with Crippen molar-refractivity contribution >= 4 is 15.9 Å². The van der Waals surface area contributed by atoms with Crippen LogP contribution in [0.4, 0.5) is 0 Å². The molecule has 1 aromatic heterocycles. The minimum absolute atomic E-state index is 0.522. The van der Waals surface area contributed by atoms with E-state index in [1.807, 2.05) is 6.20 Å². The van der Waals surface area contributed by atoms with Crippen molar-refractivity contribution in [1.29, 1.82) is 0 Å². The first-order valence-electron chi connectivity index (χ1n) is 3.82. The fourth-order valence-electron chi connectivity index (χ4n) is 0.830. The smallest absolute Gasteiger partial charge is 0.107 e. The molecule has 1 aromatic rings. The lowest BCUT2D eigenvalue weighted by Gasteiger charge is -2.10. The maximum absolute atomic E-state index is 4.15. The van der Waals surface area contributed by atoms with E-state index in [2.05, 4.69) is 39.7 Å². The van der Waals surface area contributed by atoms with Crippen LogP contribution in [0.15, 0.2) is 12.4 Å². The van der Waals surface area contributed by atoms with Crippen LogP contribution in [0.25, 0.3) is 0 Å². The lowest BCUT2D eigenvalue weighted by atomic mass is 10.1. The summed E-state index contributed by atoms with van der Waals surface area (Å²) in [7, 11) is 0. The highest BCUT2D eigenvalue weighted by molar-refractivity contribution is 9.09. The molecule has 0 spiro atoms. The number of hydrogen-bond acceptors (Lipinski definition) is 1. The highest BCUT2D eigenvalue weighted by Crippen LogP contribution is 2.15. The molecule has 1 heterocycles. The number of aromatic nitrogens is 2. The van der Waals surface area contributed by atoms with Crippen LogP contribution in [0.1, 0.15) is 19.7 Å². The normalized spacial score (nSPS) is 13.8. The van der Waals surface area contributed by atoms with Crippen molar-refractivity contribution in [2.45, 2.75) is 25.1 Å². The largest absolute Gasteiger partial charge is 0.349 e. The van der Waals surface area contributed by atoms with Crippen LogP contribution in [0.5, 0.6) is 0 Å². The van der Waals surface area contributed by atoms with Crippen LogP contribution < -0.4 is 0 Å². The molecule has 0 saturated heterocycles. The molecule has 11 heavy (non-hydrogen) atoms. The third kappa shape index (κ3) is 2.66. The van der Waals surface area contributed by atoms with Crippen LogP contribution >= 0.6 is 15.9 Å². The SMILES string of the molecule is CC(C)C(Br)Cc1ncc[nH]1. The zero-order valence-corrected chi connectivity index (χ0v) is 8.43. The lowest BCUT2D eigenvalue weighted by Crippen LogP contribution is -2.11. The number of hydrogen-bond donors (Lipinski definition) is 1. The summed E-state index contributed by atoms with van der Waals surface area (Å²) in [4.78, 5) is 7.76. The van der Waals surface area contributed by atoms with E-state index in [0.717, 1.165) is 12.2 Å². The molecule has 0 fully saturated rings. The van der Waals surface area contributed by atoms with Crippen molar-refractivity contribution in [2.75, 3.05) is 0 Å². The summed E-state index contributed by atoms with van der Waals surface area (Å²) >= 11 is 3.60. The predicted octanol–water partition coefficient (Wildman–Crippen LogP) is 2.37. The third-order valence-electron chi connectivity index (χ3n) is 1.67. The fourth-order valence-corrected chi connectivity index (χ4v) is 1.14. The minimum Gasteiger partial charge on any atom is -0.349 e. The average Bonchev–Trinajstić information content (AvgIpc) is 2.39. The van der Waals surface area contributed by atoms with Crippen molar-refractivity contribution in [1.82, 2.24) is 9.97 Å². The highest BCUT2D eigenvalue weighted by atomic mass is 79.9. The zero-order chi connectivity index (χ0) is 8.27. The van der Waals surface area contributed by atoms with Gasteiger partial charge in [0.1, 0.15) is 5.82 Å². The number of alkyl halides is 1. The molecule has 1 rings (SSSR count). The standard InChI is InChI=1S/C8H13BrN2/c1-6(2)7(9)5-8-10-3-4-11-8/h3-4,6-7H,5H2,1-2H3,(H,10,11). The quantitative estimate of drug-likeness (QED) is 0.773. The monoisotopic (exact) mass is 216 g/mol. The van der Waals surface area contributed by atoms with Crippen LogP contribution in [0, 0.1) is 5.92 Å². The number of nitrogens with zero attached hydrogens (tertiary/aromatic N) is 1. The van der Waals surface area contributed by atoms with Gasteiger partial charge in [0, 0.05) is 23.6 Å². The molecule has 0 amide bonds. The molecule has 0 saturated carbocycles.